The quantitative estimate of drug-likeness (QED) is 0.721. The summed E-state index contributed by atoms with van der Waals surface area (Å²) >= 11 is 0. The average Bonchev–Trinajstić information content (AvgIpc) is 2.95. The molecule has 0 saturated carbocycles. The van der Waals surface area contributed by atoms with Gasteiger partial charge in [0.2, 0.25) is 0 Å². The summed E-state index contributed by atoms with van der Waals surface area (Å²) in [6.45, 7) is 3.92. The standard InChI is InChI=1S/C23H31NO2.ClH/c25-22(17-24-15-9-1-2-10-16-24)18-26-19-23(20-11-5-3-6-12-20)21-13-7-4-8-14-21;/h3-8,11-14,22-23,25H,1-2,9-10,15-19H2;1H. The lowest BCUT2D eigenvalue weighted by molar-refractivity contribution is 0.0149. The molecule has 1 fully saturated rings. The summed E-state index contributed by atoms with van der Waals surface area (Å²) in [4.78, 5) is 2.38. The zero-order valence-corrected chi connectivity index (χ0v) is 16.8. The number of likely N-dealkylation sites (tertiary alicyclic amines) is 1. The van der Waals surface area contributed by atoms with Gasteiger partial charge in [0.15, 0.2) is 0 Å². The maximum Gasteiger partial charge on any atom is 0.0900 e. The number of halogens is 1. The Hall–Kier alpha value is -1.39. The molecular weight excluding hydrogens is 358 g/mol. The fourth-order valence-corrected chi connectivity index (χ4v) is 3.75. The van der Waals surface area contributed by atoms with E-state index < -0.39 is 6.10 Å². The Kier molecular flexibility index (Phi) is 9.85. The number of ether oxygens (including phenoxy) is 1. The van der Waals surface area contributed by atoms with E-state index in [2.05, 4.69) is 53.4 Å². The SMILES string of the molecule is Cl.OC(COCC(c1ccccc1)c1ccccc1)CN1CCCCCC1. The van der Waals surface area contributed by atoms with Crippen LogP contribution in [0.5, 0.6) is 0 Å². The van der Waals surface area contributed by atoms with Crippen LogP contribution in [0.4, 0.5) is 0 Å². The van der Waals surface area contributed by atoms with Crippen molar-refractivity contribution in [3.8, 4) is 0 Å². The van der Waals surface area contributed by atoms with E-state index in [4.69, 9.17) is 4.74 Å². The topological polar surface area (TPSA) is 32.7 Å². The van der Waals surface area contributed by atoms with E-state index in [1.54, 1.807) is 0 Å². The van der Waals surface area contributed by atoms with Crippen molar-refractivity contribution in [1.82, 2.24) is 4.90 Å². The average molecular weight is 390 g/mol. The molecule has 1 unspecified atom stereocenters. The fourth-order valence-electron chi connectivity index (χ4n) is 3.75. The largest absolute Gasteiger partial charge is 0.389 e. The van der Waals surface area contributed by atoms with Gasteiger partial charge in [0.25, 0.3) is 0 Å². The molecule has 1 saturated heterocycles. The van der Waals surface area contributed by atoms with Gasteiger partial charge in [-0.25, -0.2) is 0 Å². The minimum Gasteiger partial charge on any atom is -0.389 e. The molecule has 148 valence electrons. The van der Waals surface area contributed by atoms with Crippen LogP contribution in [-0.2, 0) is 4.74 Å². The van der Waals surface area contributed by atoms with Crippen molar-refractivity contribution in [1.29, 1.82) is 0 Å². The first kappa shape index (κ1) is 21.9. The van der Waals surface area contributed by atoms with Crippen molar-refractivity contribution in [2.24, 2.45) is 0 Å². The molecule has 1 aliphatic heterocycles. The summed E-state index contributed by atoms with van der Waals surface area (Å²) in [6, 6.07) is 20.9. The second-order valence-corrected chi connectivity index (χ2v) is 7.28. The van der Waals surface area contributed by atoms with E-state index in [0.717, 1.165) is 19.6 Å². The highest BCUT2D eigenvalue weighted by molar-refractivity contribution is 5.85. The van der Waals surface area contributed by atoms with Crippen molar-refractivity contribution in [3.05, 3.63) is 71.8 Å². The zero-order valence-electron chi connectivity index (χ0n) is 16.0. The summed E-state index contributed by atoms with van der Waals surface area (Å²) < 4.78 is 5.96. The Balaban J connectivity index is 0.00000261. The highest BCUT2D eigenvalue weighted by Gasteiger charge is 2.17. The number of hydrogen-bond donors (Lipinski definition) is 1. The number of aliphatic hydroxyl groups excluding tert-OH is 1. The highest BCUT2D eigenvalue weighted by Crippen LogP contribution is 2.24. The smallest absolute Gasteiger partial charge is 0.0900 e. The second-order valence-electron chi connectivity index (χ2n) is 7.28. The van der Waals surface area contributed by atoms with Gasteiger partial charge in [0, 0.05) is 12.5 Å². The molecule has 0 radical (unpaired) electrons. The predicted molar refractivity (Wildman–Crippen MR) is 114 cm³/mol. The van der Waals surface area contributed by atoms with Gasteiger partial charge in [-0.2, -0.15) is 0 Å². The van der Waals surface area contributed by atoms with Gasteiger partial charge in [0.1, 0.15) is 0 Å². The molecule has 1 atom stereocenters. The number of β-amino-alcohol motifs (C(OH)–C–C–N with tert-alkyl or cyclic N) is 1. The van der Waals surface area contributed by atoms with Crippen LogP contribution in [0.2, 0.25) is 0 Å². The lowest BCUT2D eigenvalue weighted by atomic mass is 9.92. The molecular formula is C23H32ClNO2. The van der Waals surface area contributed by atoms with Gasteiger partial charge in [-0.05, 0) is 37.1 Å². The Labute approximate surface area is 169 Å². The molecule has 0 bridgehead atoms. The molecule has 4 heteroatoms. The molecule has 2 aromatic carbocycles. The van der Waals surface area contributed by atoms with Gasteiger partial charge in [-0.3, -0.25) is 0 Å². The summed E-state index contributed by atoms with van der Waals surface area (Å²) in [5.74, 6) is 0.197. The Morgan fingerprint density at radius 1 is 0.778 bits per heavy atom. The molecule has 0 amide bonds. The van der Waals surface area contributed by atoms with Crippen molar-refractivity contribution in [3.63, 3.8) is 0 Å². The fraction of sp³-hybridized carbons (Fsp3) is 0.478. The summed E-state index contributed by atoms with van der Waals surface area (Å²) in [5, 5.41) is 10.4. The molecule has 0 spiro atoms. The van der Waals surface area contributed by atoms with Gasteiger partial charge in [-0.1, -0.05) is 73.5 Å². The zero-order chi connectivity index (χ0) is 18.0. The van der Waals surface area contributed by atoms with Crippen molar-refractivity contribution in [2.45, 2.75) is 37.7 Å². The van der Waals surface area contributed by atoms with Gasteiger partial charge in [-0.15, -0.1) is 12.4 Å². The first-order valence-corrected chi connectivity index (χ1v) is 9.91. The van der Waals surface area contributed by atoms with Gasteiger partial charge >= 0.3 is 0 Å². The molecule has 27 heavy (non-hydrogen) atoms. The molecule has 1 aliphatic rings. The van der Waals surface area contributed by atoms with Crippen molar-refractivity contribution in [2.75, 3.05) is 32.8 Å². The third-order valence-electron chi connectivity index (χ3n) is 5.17. The Morgan fingerprint density at radius 2 is 1.30 bits per heavy atom. The van der Waals surface area contributed by atoms with E-state index >= 15 is 0 Å². The van der Waals surface area contributed by atoms with Crippen molar-refractivity contribution >= 4 is 12.4 Å². The lowest BCUT2D eigenvalue weighted by Crippen LogP contribution is -2.35. The minimum atomic E-state index is -0.416. The number of rotatable bonds is 8. The summed E-state index contributed by atoms with van der Waals surface area (Å²) in [7, 11) is 0. The molecule has 0 aromatic heterocycles. The van der Waals surface area contributed by atoms with Crippen LogP contribution in [0.1, 0.15) is 42.7 Å². The first-order chi connectivity index (χ1) is 12.8. The van der Waals surface area contributed by atoms with Crippen LogP contribution < -0.4 is 0 Å². The maximum atomic E-state index is 10.4. The van der Waals surface area contributed by atoms with Crippen molar-refractivity contribution < 1.29 is 9.84 Å². The van der Waals surface area contributed by atoms with Crippen LogP contribution in [0, 0.1) is 0 Å². The van der Waals surface area contributed by atoms with Crippen LogP contribution in [0.3, 0.4) is 0 Å². The second kappa shape index (κ2) is 12.1. The predicted octanol–water partition coefficient (Wildman–Crippen LogP) is 4.49. The van der Waals surface area contributed by atoms with E-state index in [0.29, 0.717) is 13.2 Å². The van der Waals surface area contributed by atoms with Gasteiger partial charge in [0.05, 0.1) is 19.3 Å². The number of nitrogens with zero attached hydrogens (tertiary/aromatic N) is 1. The maximum absolute atomic E-state index is 10.4. The van der Waals surface area contributed by atoms with Crippen LogP contribution in [0.15, 0.2) is 60.7 Å². The molecule has 0 aliphatic carbocycles. The number of benzene rings is 2. The van der Waals surface area contributed by atoms with Crippen LogP contribution in [-0.4, -0.2) is 49.0 Å². The normalized spacial score (nSPS) is 16.5. The Bertz CT molecular complexity index is 575. The third-order valence-corrected chi connectivity index (χ3v) is 5.17. The molecule has 1 heterocycles. The monoisotopic (exact) mass is 389 g/mol. The van der Waals surface area contributed by atoms with Gasteiger partial charge < -0.3 is 14.7 Å². The third kappa shape index (κ3) is 7.27. The molecule has 3 nitrogen and oxygen atoms in total. The Morgan fingerprint density at radius 3 is 1.81 bits per heavy atom. The molecule has 3 rings (SSSR count). The molecule has 1 N–H and O–H groups in total. The van der Waals surface area contributed by atoms with Crippen LogP contribution in [0.25, 0.3) is 0 Å². The molecule has 2 aromatic rings. The lowest BCUT2D eigenvalue weighted by Gasteiger charge is -2.24. The summed E-state index contributed by atoms with van der Waals surface area (Å²) in [6.07, 6.45) is 4.72. The van der Waals surface area contributed by atoms with Crippen LogP contribution >= 0.6 is 12.4 Å². The van der Waals surface area contributed by atoms with E-state index in [9.17, 15) is 5.11 Å². The number of hydrogen-bond acceptors (Lipinski definition) is 3. The van der Waals surface area contributed by atoms with E-state index in [1.807, 2.05) is 12.1 Å². The van der Waals surface area contributed by atoms with E-state index in [-0.39, 0.29) is 18.3 Å². The minimum absolute atomic E-state index is 0. The highest BCUT2D eigenvalue weighted by atomic mass is 35.5. The van der Waals surface area contributed by atoms with E-state index in [1.165, 1.54) is 36.8 Å². The first-order valence-electron chi connectivity index (χ1n) is 9.91. The number of aliphatic hydroxyl groups is 1. The summed E-state index contributed by atoms with van der Waals surface area (Å²) in [5.41, 5.74) is 2.50.